The van der Waals surface area contributed by atoms with E-state index in [1.807, 2.05) is 6.07 Å². The molecule has 0 radical (unpaired) electrons. The topological polar surface area (TPSA) is 59.6 Å². The molecule has 0 aliphatic heterocycles. The van der Waals surface area contributed by atoms with Gasteiger partial charge in [-0.05, 0) is 24.3 Å². The van der Waals surface area contributed by atoms with E-state index in [0.717, 1.165) is 0 Å². The Morgan fingerprint density at radius 3 is 2.18 bits per heavy atom. The van der Waals surface area contributed by atoms with Crippen molar-refractivity contribution in [2.75, 3.05) is 11.9 Å². The van der Waals surface area contributed by atoms with E-state index in [1.165, 1.54) is 30.3 Å². The van der Waals surface area contributed by atoms with Crippen molar-refractivity contribution in [2.45, 2.75) is 6.18 Å². The molecule has 0 bridgehead atoms. The average molecular weight is 239 g/mol. The molecule has 0 aliphatic carbocycles. The number of nitrogens with one attached hydrogen (secondary N) is 1. The van der Waals surface area contributed by atoms with Gasteiger partial charge in [0.15, 0.2) is 5.92 Å². The zero-order valence-electron chi connectivity index (χ0n) is 8.62. The predicted molar refractivity (Wildman–Crippen MR) is 54.8 cm³/mol. The summed E-state index contributed by atoms with van der Waals surface area (Å²) in [6.45, 7) is -0.508. The SMILES string of the molecule is N#Cc1ccc(NCC(C#N)C(F)(F)F)cc1. The lowest BCUT2D eigenvalue weighted by Crippen LogP contribution is -2.28. The van der Waals surface area contributed by atoms with Crippen LogP contribution in [0.15, 0.2) is 24.3 Å². The highest BCUT2D eigenvalue weighted by molar-refractivity contribution is 5.47. The van der Waals surface area contributed by atoms with Crippen molar-refractivity contribution in [3.8, 4) is 12.1 Å². The fourth-order valence-electron chi connectivity index (χ4n) is 1.12. The Kier molecular flexibility index (Phi) is 3.95. The average Bonchev–Trinajstić information content (AvgIpc) is 2.29. The standard InChI is InChI=1S/C11H8F3N3/c12-11(13,14)9(6-16)7-17-10-3-1-8(5-15)2-4-10/h1-4,9,17H,7H2. The van der Waals surface area contributed by atoms with Crippen LogP contribution in [0.5, 0.6) is 0 Å². The summed E-state index contributed by atoms with van der Waals surface area (Å²) in [5, 5.41) is 19.4. The number of hydrogen-bond acceptors (Lipinski definition) is 3. The monoisotopic (exact) mass is 239 g/mol. The molecular weight excluding hydrogens is 231 g/mol. The normalized spacial score (nSPS) is 12.3. The molecule has 6 heteroatoms. The van der Waals surface area contributed by atoms with Gasteiger partial charge in [-0.25, -0.2) is 0 Å². The molecule has 3 nitrogen and oxygen atoms in total. The van der Waals surface area contributed by atoms with Gasteiger partial charge in [0.2, 0.25) is 0 Å². The molecule has 0 saturated carbocycles. The van der Waals surface area contributed by atoms with Crippen molar-refractivity contribution in [2.24, 2.45) is 5.92 Å². The lowest BCUT2D eigenvalue weighted by atomic mass is 10.1. The second-order valence-electron chi connectivity index (χ2n) is 3.29. The third-order valence-electron chi connectivity index (χ3n) is 2.08. The number of anilines is 1. The van der Waals surface area contributed by atoms with E-state index < -0.39 is 18.6 Å². The van der Waals surface area contributed by atoms with Crippen LogP contribution in [-0.2, 0) is 0 Å². The molecule has 0 fully saturated rings. The minimum atomic E-state index is -4.53. The molecule has 0 aromatic heterocycles. The van der Waals surface area contributed by atoms with Crippen LogP contribution in [-0.4, -0.2) is 12.7 Å². The Morgan fingerprint density at radius 2 is 1.76 bits per heavy atom. The minimum Gasteiger partial charge on any atom is -0.383 e. The second-order valence-corrected chi connectivity index (χ2v) is 3.29. The summed E-state index contributed by atoms with van der Waals surface area (Å²) in [6, 6.07) is 9.04. The molecule has 1 N–H and O–H groups in total. The van der Waals surface area contributed by atoms with Gasteiger partial charge in [0, 0.05) is 12.2 Å². The van der Waals surface area contributed by atoms with Crippen molar-refractivity contribution in [3.63, 3.8) is 0 Å². The molecule has 1 unspecified atom stereocenters. The van der Waals surface area contributed by atoms with E-state index in [0.29, 0.717) is 11.3 Å². The Hall–Kier alpha value is -2.21. The van der Waals surface area contributed by atoms with E-state index in [2.05, 4.69) is 5.32 Å². The summed E-state index contributed by atoms with van der Waals surface area (Å²) < 4.78 is 36.7. The van der Waals surface area contributed by atoms with E-state index >= 15 is 0 Å². The minimum absolute atomic E-state index is 0.420. The van der Waals surface area contributed by atoms with Crippen LogP contribution in [0.2, 0.25) is 0 Å². The van der Waals surface area contributed by atoms with Crippen molar-refractivity contribution < 1.29 is 13.2 Å². The van der Waals surface area contributed by atoms with Crippen LogP contribution in [0.4, 0.5) is 18.9 Å². The highest BCUT2D eigenvalue weighted by Gasteiger charge is 2.39. The van der Waals surface area contributed by atoms with E-state index in [1.54, 1.807) is 0 Å². The van der Waals surface area contributed by atoms with Crippen LogP contribution < -0.4 is 5.32 Å². The van der Waals surface area contributed by atoms with Gasteiger partial charge >= 0.3 is 6.18 Å². The first kappa shape index (κ1) is 12.9. The Morgan fingerprint density at radius 1 is 1.18 bits per heavy atom. The summed E-state index contributed by atoms with van der Waals surface area (Å²) in [5.41, 5.74) is 0.858. The number of nitrogens with zero attached hydrogens (tertiary/aromatic N) is 2. The van der Waals surface area contributed by atoms with Crippen LogP contribution >= 0.6 is 0 Å². The molecule has 88 valence electrons. The molecule has 1 atom stereocenters. The molecule has 0 aliphatic rings. The van der Waals surface area contributed by atoms with Crippen molar-refractivity contribution >= 4 is 5.69 Å². The fourth-order valence-corrected chi connectivity index (χ4v) is 1.12. The molecular formula is C11H8F3N3. The summed E-state index contributed by atoms with van der Waals surface area (Å²) in [6.07, 6.45) is -4.53. The van der Waals surface area contributed by atoms with Gasteiger partial charge in [-0.1, -0.05) is 0 Å². The molecule has 17 heavy (non-hydrogen) atoms. The second kappa shape index (κ2) is 5.22. The maximum atomic E-state index is 12.2. The number of rotatable bonds is 3. The molecule has 1 aromatic carbocycles. The number of nitriles is 2. The number of benzene rings is 1. The molecule has 0 saturated heterocycles. The largest absolute Gasteiger partial charge is 0.406 e. The van der Waals surface area contributed by atoms with Crippen molar-refractivity contribution in [1.82, 2.24) is 0 Å². The van der Waals surface area contributed by atoms with Gasteiger partial charge in [0.1, 0.15) is 0 Å². The first-order valence-electron chi connectivity index (χ1n) is 4.67. The third-order valence-corrected chi connectivity index (χ3v) is 2.08. The molecule has 0 spiro atoms. The molecule has 1 rings (SSSR count). The first-order chi connectivity index (χ1) is 7.97. The lowest BCUT2D eigenvalue weighted by molar-refractivity contribution is -0.155. The van der Waals surface area contributed by atoms with Gasteiger partial charge in [-0.3, -0.25) is 0 Å². The smallest absolute Gasteiger partial charge is 0.383 e. The fraction of sp³-hybridized carbons (Fsp3) is 0.273. The summed E-state index contributed by atoms with van der Waals surface area (Å²) in [4.78, 5) is 0. The van der Waals surface area contributed by atoms with Gasteiger partial charge < -0.3 is 5.32 Å². The molecule has 1 aromatic rings. The summed E-state index contributed by atoms with van der Waals surface area (Å²) >= 11 is 0. The highest BCUT2D eigenvalue weighted by atomic mass is 19.4. The quantitative estimate of drug-likeness (QED) is 0.882. The Bertz CT molecular complexity index is 451. The maximum absolute atomic E-state index is 12.2. The maximum Gasteiger partial charge on any atom is 0.406 e. The van der Waals surface area contributed by atoms with Crippen LogP contribution in [0.1, 0.15) is 5.56 Å². The van der Waals surface area contributed by atoms with E-state index in [9.17, 15) is 13.2 Å². The third kappa shape index (κ3) is 3.69. The molecule has 0 heterocycles. The van der Waals surface area contributed by atoms with Crippen molar-refractivity contribution in [1.29, 1.82) is 10.5 Å². The van der Waals surface area contributed by atoms with Crippen LogP contribution in [0.25, 0.3) is 0 Å². The molecule has 0 amide bonds. The summed E-state index contributed by atoms with van der Waals surface area (Å²) in [5.74, 6) is -2.04. The van der Waals surface area contributed by atoms with Gasteiger partial charge in [0.05, 0.1) is 17.7 Å². The summed E-state index contributed by atoms with van der Waals surface area (Å²) in [7, 11) is 0. The number of alkyl halides is 3. The van der Waals surface area contributed by atoms with E-state index in [4.69, 9.17) is 10.5 Å². The van der Waals surface area contributed by atoms with Crippen LogP contribution in [0, 0.1) is 28.6 Å². The van der Waals surface area contributed by atoms with Gasteiger partial charge in [-0.2, -0.15) is 23.7 Å². The van der Waals surface area contributed by atoms with Crippen LogP contribution in [0.3, 0.4) is 0 Å². The van der Waals surface area contributed by atoms with E-state index in [-0.39, 0.29) is 0 Å². The van der Waals surface area contributed by atoms with Gasteiger partial charge in [-0.15, -0.1) is 0 Å². The van der Waals surface area contributed by atoms with Crippen molar-refractivity contribution in [3.05, 3.63) is 29.8 Å². The first-order valence-corrected chi connectivity index (χ1v) is 4.67. The van der Waals surface area contributed by atoms with Gasteiger partial charge in [0.25, 0.3) is 0 Å². The number of halogens is 3. The number of hydrogen-bond donors (Lipinski definition) is 1. The Balaban J connectivity index is 2.62. The zero-order valence-corrected chi connectivity index (χ0v) is 8.62. The predicted octanol–water partition coefficient (Wildman–Crippen LogP) is 2.67. The Labute approximate surface area is 96.1 Å². The highest BCUT2D eigenvalue weighted by Crippen LogP contribution is 2.25. The zero-order chi connectivity index (χ0) is 12.9. The lowest BCUT2D eigenvalue weighted by Gasteiger charge is -2.14.